The molecule has 3 rings (SSSR count). The summed E-state index contributed by atoms with van der Waals surface area (Å²) < 4.78 is 5.40. The molecule has 0 aromatic heterocycles. The van der Waals surface area contributed by atoms with Gasteiger partial charge in [0.2, 0.25) is 0 Å². The second-order valence-electron chi connectivity index (χ2n) is 5.93. The molecule has 2 fully saturated rings. The zero-order chi connectivity index (χ0) is 15.5. The number of anilines is 1. The Balaban J connectivity index is 1.65. The predicted molar refractivity (Wildman–Crippen MR) is 83.9 cm³/mol. The van der Waals surface area contributed by atoms with Crippen molar-refractivity contribution in [2.45, 2.75) is 26.2 Å². The first-order chi connectivity index (χ1) is 10.7. The van der Waals surface area contributed by atoms with Gasteiger partial charge in [-0.1, -0.05) is 6.42 Å². The number of amides is 2. The molecule has 22 heavy (non-hydrogen) atoms. The number of piperazine rings is 1. The van der Waals surface area contributed by atoms with Crippen LogP contribution in [-0.4, -0.2) is 43.0 Å². The summed E-state index contributed by atoms with van der Waals surface area (Å²) in [5.74, 6) is 0.573. The van der Waals surface area contributed by atoms with Crippen LogP contribution in [0.15, 0.2) is 24.3 Å². The molecule has 1 aliphatic carbocycles. The summed E-state index contributed by atoms with van der Waals surface area (Å²) >= 11 is 0. The highest BCUT2D eigenvalue weighted by Crippen LogP contribution is 2.28. The van der Waals surface area contributed by atoms with Crippen LogP contribution in [0.4, 0.5) is 5.69 Å². The number of ether oxygens (including phenoxy) is 1. The highest BCUT2D eigenvalue weighted by molar-refractivity contribution is 6.41. The number of carbonyl (C=O) groups is 2. The molecular weight excluding hydrogens is 280 g/mol. The minimum absolute atomic E-state index is 0.368. The van der Waals surface area contributed by atoms with E-state index in [2.05, 4.69) is 0 Å². The van der Waals surface area contributed by atoms with E-state index in [0.717, 1.165) is 18.0 Å². The zero-order valence-electron chi connectivity index (χ0n) is 13.0. The molecule has 0 unspecified atom stereocenters. The zero-order valence-corrected chi connectivity index (χ0v) is 13.0. The van der Waals surface area contributed by atoms with E-state index in [0.29, 0.717) is 25.6 Å². The van der Waals surface area contributed by atoms with Gasteiger partial charge in [0.25, 0.3) is 0 Å². The van der Waals surface area contributed by atoms with Gasteiger partial charge in [-0.15, -0.1) is 0 Å². The monoisotopic (exact) mass is 302 g/mol. The molecule has 1 aromatic rings. The molecule has 1 aliphatic heterocycles. The molecule has 1 heterocycles. The highest BCUT2D eigenvalue weighted by atomic mass is 16.5. The molecular formula is C17H22N2O3. The van der Waals surface area contributed by atoms with Crippen LogP contribution >= 0.6 is 0 Å². The van der Waals surface area contributed by atoms with Gasteiger partial charge in [0.05, 0.1) is 6.61 Å². The Morgan fingerprint density at radius 1 is 1.09 bits per heavy atom. The molecule has 0 bridgehead atoms. The first kappa shape index (κ1) is 14.9. The number of benzene rings is 1. The van der Waals surface area contributed by atoms with Crippen LogP contribution in [0.5, 0.6) is 5.75 Å². The van der Waals surface area contributed by atoms with Gasteiger partial charge >= 0.3 is 11.8 Å². The van der Waals surface area contributed by atoms with Crippen molar-refractivity contribution < 1.29 is 14.3 Å². The van der Waals surface area contributed by atoms with E-state index in [-0.39, 0.29) is 5.91 Å². The maximum atomic E-state index is 12.3. The lowest BCUT2D eigenvalue weighted by Crippen LogP contribution is -2.55. The van der Waals surface area contributed by atoms with Crippen LogP contribution in [-0.2, 0) is 9.59 Å². The minimum atomic E-state index is -0.422. The molecule has 5 nitrogen and oxygen atoms in total. The largest absolute Gasteiger partial charge is 0.494 e. The third kappa shape index (κ3) is 2.93. The van der Waals surface area contributed by atoms with Gasteiger partial charge < -0.3 is 14.5 Å². The Morgan fingerprint density at radius 3 is 2.41 bits per heavy atom. The number of hydrogen-bond acceptors (Lipinski definition) is 3. The maximum Gasteiger partial charge on any atom is 0.316 e. The van der Waals surface area contributed by atoms with E-state index >= 15 is 0 Å². The van der Waals surface area contributed by atoms with Gasteiger partial charge in [-0.25, -0.2) is 0 Å². The van der Waals surface area contributed by atoms with Gasteiger partial charge in [0.15, 0.2) is 0 Å². The second kappa shape index (κ2) is 6.38. The summed E-state index contributed by atoms with van der Waals surface area (Å²) in [5, 5.41) is 0. The van der Waals surface area contributed by atoms with Crippen molar-refractivity contribution in [3.05, 3.63) is 24.3 Å². The Morgan fingerprint density at radius 2 is 1.82 bits per heavy atom. The Bertz CT molecular complexity index is 552. The van der Waals surface area contributed by atoms with Crippen molar-refractivity contribution in [3.8, 4) is 5.75 Å². The molecule has 1 aromatic carbocycles. The van der Waals surface area contributed by atoms with E-state index < -0.39 is 5.91 Å². The van der Waals surface area contributed by atoms with Crippen molar-refractivity contribution in [2.24, 2.45) is 5.92 Å². The number of rotatable bonds is 5. The van der Waals surface area contributed by atoms with E-state index in [4.69, 9.17) is 4.74 Å². The third-order valence-corrected chi connectivity index (χ3v) is 4.47. The highest BCUT2D eigenvalue weighted by Gasteiger charge is 2.35. The third-order valence-electron chi connectivity index (χ3n) is 4.47. The first-order valence-corrected chi connectivity index (χ1v) is 8.02. The molecule has 2 amide bonds. The lowest BCUT2D eigenvalue weighted by molar-refractivity contribution is -0.147. The summed E-state index contributed by atoms with van der Waals surface area (Å²) in [6.07, 6.45) is 3.61. The molecule has 2 aliphatic rings. The summed E-state index contributed by atoms with van der Waals surface area (Å²) in [6.45, 7) is 4.45. The van der Waals surface area contributed by atoms with E-state index in [9.17, 15) is 9.59 Å². The average molecular weight is 302 g/mol. The van der Waals surface area contributed by atoms with Crippen LogP contribution in [0.2, 0.25) is 0 Å². The molecule has 0 spiro atoms. The topological polar surface area (TPSA) is 49.9 Å². The first-order valence-electron chi connectivity index (χ1n) is 8.02. The predicted octanol–water partition coefficient (Wildman–Crippen LogP) is 2.06. The molecule has 0 radical (unpaired) electrons. The SMILES string of the molecule is CCOc1ccc(N2CCN(CC3CCC3)C(=O)C2=O)cc1. The van der Waals surface area contributed by atoms with Crippen LogP contribution < -0.4 is 9.64 Å². The standard InChI is InChI=1S/C17H22N2O3/c1-2-22-15-8-6-14(7-9-15)19-11-10-18(16(20)17(19)21)12-13-4-3-5-13/h6-9,13H,2-5,10-12H2,1H3. The molecule has 1 saturated carbocycles. The van der Waals surface area contributed by atoms with Crippen LogP contribution in [0.3, 0.4) is 0 Å². The number of carbonyl (C=O) groups excluding carboxylic acids is 2. The summed E-state index contributed by atoms with van der Waals surface area (Å²) in [5.41, 5.74) is 0.755. The smallest absolute Gasteiger partial charge is 0.316 e. The van der Waals surface area contributed by atoms with E-state index in [1.165, 1.54) is 19.3 Å². The lowest BCUT2D eigenvalue weighted by Gasteiger charge is -2.37. The van der Waals surface area contributed by atoms with Gasteiger partial charge in [0, 0.05) is 25.3 Å². The van der Waals surface area contributed by atoms with Crippen molar-refractivity contribution in [1.29, 1.82) is 0 Å². The minimum Gasteiger partial charge on any atom is -0.494 e. The van der Waals surface area contributed by atoms with E-state index in [1.54, 1.807) is 9.80 Å². The van der Waals surface area contributed by atoms with Gasteiger partial charge in [-0.3, -0.25) is 9.59 Å². The fourth-order valence-corrected chi connectivity index (χ4v) is 2.97. The van der Waals surface area contributed by atoms with Crippen molar-refractivity contribution in [3.63, 3.8) is 0 Å². The lowest BCUT2D eigenvalue weighted by atomic mass is 9.85. The van der Waals surface area contributed by atoms with Gasteiger partial charge in [0.1, 0.15) is 5.75 Å². The second-order valence-corrected chi connectivity index (χ2v) is 5.93. The van der Waals surface area contributed by atoms with Crippen LogP contribution in [0.1, 0.15) is 26.2 Å². The molecule has 5 heteroatoms. The Labute approximate surface area is 130 Å². The quantitative estimate of drug-likeness (QED) is 0.782. The van der Waals surface area contributed by atoms with Crippen molar-refractivity contribution in [1.82, 2.24) is 4.90 Å². The number of hydrogen-bond donors (Lipinski definition) is 0. The van der Waals surface area contributed by atoms with Crippen LogP contribution in [0, 0.1) is 5.92 Å². The summed E-state index contributed by atoms with van der Waals surface area (Å²) in [6, 6.07) is 7.32. The molecule has 0 atom stereocenters. The Kier molecular flexibility index (Phi) is 4.32. The normalized spacial score (nSPS) is 19.3. The van der Waals surface area contributed by atoms with Crippen molar-refractivity contribution in [2.75, 3.05) is 31.1 Å². The maximum absolute atomic E-state index is 12.3. The molecule has 118 valence electrons. The van der Waals surface area contributed by atoms with Gasteiger partial charge in [-0.05, 0) is 49.9 Å². The van der Waals surface area contributed by atoms with E-state index in [1.807, 2.05) is 31.2 Å². The van der Waals surface area contributed by atoms with Crippen LogP contribution in [0.25, 0.3) is 0 Å². The Hall–Kier alpha value is -2.04. The van der Waals surface area contributed by atoms with Crippen molar-refractivity contribution >= 4 is 17.5 Å². The summed E-state index contributed by atoms with van der Waals surface area (Å²) in [7, 11) is 0. The van der Waals surface area contributed by atoms with Gasteiger partial charge in [-0.2, -0.15) is 0 Å². The fourth-order valence-electron chi connectivity index (χ4n) is 2.97. The summed E-state index contributed by atoms with van der Waals surface area (Å²) in [4.78, 5) is 27.9. The average Bonchev–Trinajstić information content (AvgIpc) is 2.48. The molecule has 0 N–H and O–H groups in total. The fraction of sp³-hybridized carbons (Fsp3) is 0.529. The molecule has 1 saturated heterocycles. The number of nitrogens with zero attached hydrogens (tertiary/aromatic N) is 2.